The summed E-state index contributed by atoms with van der Waals surface area (Å²) in [4.78, 5) is 40.1. The molecule has 134 valence electrons. The van der Waals surface area contributed by atoms with Crippen molar-refractivity contribution in [2.45, 2.75) is 26.3 Å². The SMILES string of the molecule is CCCCn1c(N)c(N(C)C(=O)c2cc(Cl)cc(Cl)c2)c(=O)[nH]c1=O. The molecule has 0 spiro atoms. The number of nitrogens with one attached hydrogen (secondary N) is 1. The van der Waals surface area contributed by atoms with Gasteiger partial charge in [0, 0.05) is 29.2 Å². The Hall–Kier alpha value is -2.25. The van der Waals surface area contributed by atoms with Gasteiger partial charge < -0.3 is 10.6 Å². The van der Waals surface area contributed by atoms with Crippen LogP contribution in [0.2, 0.25) is 10.0 Å². The van der Waals surface area contributed by atoms with E-state index in [2.05, 4.69) is 4.98 Å². The van der Waals surface area contributed by atoms with Crippen molar-refractivity contribution in [2.75, 3.05) is 17.7 Å². The second kappa shape index (κ2) is 7.76. The van der Waals surface area contributed by atoms with E-state index < -0.39 is 17.2 Å². The van der Waals surface area contributed by atoms with Crippen molar-refractivity contribution in [3.05, 3.63) is 54.6 Å². The molecule has 0 aliphatic carbocycles. The average Bonchev–Trinajstić information content (AvgIpc) is 2.52. The van der Waals surface area contributed by atoms with Gasteiger partial charge in [0.25, 0.3) is 11.5 Å². The predicted octanol–water partition coefficient (Wildman–Crippen LogP) is 2.50. The van der Waals surface area contributed by atoms with Crippen LogP contribution in [-0.2, 0) is 6.54 Å². The first-order valence-corrected chi connectivity index (χ1v) is 8.38. The standard InChI is InChI=1S/C16H18Cl2N4O3/c1-3-4-5-22-13(19)12(14(23)20-16(22)25)21(2)15(24)9-6-10(17)8-11(18)7-9/h6-8H,3-5,19H2,1-2H3,(H,20,23,25). The smallest absolute Gasteiger partial charge is 0.330 e. The van der Waals surface area contributed by atoms with Crippen LogP contribution in [0.25, 0.3) is 0 Å². The van der Waals surface area contributed by atoms with Crippen molar-refractivity contribution in [3.8, 4) is 0 Å². The van der Waals surface area contributed by atoms with Crippen molar-refractivity contribution < 1.29 is 4.79 Å². The van der Waals surface area contributed by atoms with Gasteiger partial charge in [-0.2, -0.15) is 0 Å². The number of nitrogen functional groups attached to an aromatic ring is 1. The maximum Gasteiger partial charge on any atom is 0.330 e. The molecular formula is C16H18Cl2N4O3. The molecule has 1 heterocycles. The summed E-state index contributed by atoms with van der Waals surface area (Å²) in [5.74, 6) is -0.589. The van der Waals surface area contributed by atoms with Crippen LogP contribution in [0.1, 0.15) is 30.1 Å². The summed E-state index contributed by atoms with van der Waals surface area (Å²) in [5, 5.41) is 0.582. The molecule has 1 aromatic heterocycles. The number of unbranched alkanes of at least 4 members (excludes halogenated alkanes) is 1. The Morgan fingerprint density at radius 2 is 1.84 bits per heavy atom. The molecule has 1 aromatic carbocycles. The van der Waals surface area contributed by atoms with E-state index in [9.17, 15) is 14.4 Å². The highest BCUT2D eigenvalue weighted by Gasteiger charge is 2.22. The first-order valence-electron chi connectivity index (χ1n) is 7.63. The molecule has 0 atom stereocenters. The molecule has 0 radical (unpaired) electrons. The molecule has 0 bridgehead atoms. The zero-order valence-corrected chi connectivity index (χ0v) is 15.3. The zero-order valence-electron chi connectivity index (χ0n) is 13.8. The van der Waals surface area contributed by atoms with Gasteiger partial charge in [0.05, 0.1) is 0 Å². The number of nitrogens with two attached hydrogens (primary N) is 1. The maximum absolute atomic E-state index is 12.7. The van der Waals surface area contributed by atoms with E-state index in [4.69, 9.17) is 28.9 Å². The van der Waals surface area contributed by atoms with Crippen LogP contribution in [0.15, 0.2) is 27.8 Å². The van der Waals surface area contributed by atoms with E-state index in [1.54, 1.807) is 0 Å². The Morgan fingerprint density at radius 1 is 1.24 bits per heavy atom. The second-order valence-corrected chi connectivity index (χ2v) is 6.39. The molecule has 0 fully saturated rings. The van der Waals surface area contributed by atoms with Gasteiger partial charge in [0.1, 0.15) is 5.82 Å². The number of halogens is 2. The minimum Gasteiger partial charge on any atom is -0.383 e. The number of benzene rings is 1. The summed E-state index contributed by atoms with van der Waals surface area (Å²) in [6.07, 6.45) is 1.55. The van der Waals surface area contributed by atoms with E-state index in [1.807, 2.05) is 6.92 Å². The van der Waals surface area contributed by atoms with E-state index in [-0.39, 0.29) is 17.1 Å². The van der Waals surface area contributed by atoms with Crippen molar-refractivity contribution >= 4 is 40.6 Å². The molecule has 2 rings (SSSR count). The van der Waals surface area contributed by atoms with Crippen molar-refractivity contribution in [1.82, 2.24) is 9.55 Å². The van der Waals surface area contributed by atoms with Gasteiger partial charge >= 0.3 is 5.69 Å². The van der Waals surface area contributed by atoms with Crippen molar-refractivity contribution in [1.29, 1.82) is 0 Å². The van der Waals surface area contributed by atoms with E-state index >= 15 is 0 Å². The molecule has 1 amide bonds. The first-order chi connectivity index (χ1) is 11.8. The van der Waals surface area contributed by atoms with Crippen LogP contribution >= 0.6 is 23.2 Å². The maximum atomic E-state index is 12.7. The number of hydrogen-bond donors (Lipinski definition) is 2. The topological polar surface area (TPSA) is 101 Å². The number of hydrogen-bond acceptors (Lipinski definition) is 4. The number of amides is 1. The van der Waals surface area contributed by atoms with Gasteiger partial charge in [0.15, 0.2) is 5.69 Å². The Morgan fingerprint density at radius 3 is 2.40 bits per heavy atom. The number of anilines is 2. The molecule has 9 heteroatoms. The number of rotatable bonds is 5. The minimum absolute atomic E-state index is 0.0637. The Bertz CT molecular complexity index is 900. The van der Waals surface area contributed by atoms with Crippen LogP contribution in [0.5, 0.6) is 0 Å². The van der Waals surface area contributed by atoms with Crippen LogP contribution in [0.3, 0.4) is 0 Å². The molecule has 0 saturated carbocycles. The molecular weight excluding hydrogens is 367 g/mol. The fourth-order valence-corrected chi connectivity index (χ4v) is 2.94. The van der Waals surface area contributed by atoms with Crippen LogP contribution in [0, 0.1) is 0 Å². The monoisotopic (exact) mass is 384 g/mol. The lowest BCUT2D eigenvalue weighted by Crippen LogP contribution is -2.39. The third-order valence-corrected chi connectivity index (χ3v) is 4.14. The van der Waals surface area contributed by atoms with Crippen LogP contribution < -0.4 is 21.9 Å². The van der Waals surface area contributed by atoms with E-state index in [1.165, 1.54) is 29.8 Å². The minimum atomic E-state index is -0.737. The van der Waals surface area contributed by atoms with Crippen molar-refractivity contribution in [3.63, 3.8) is 0 Å². The second-order valence-electron chi connectivity index (χ2n) is 5.52. The lowest BCUT2D eigenvalue weighted by Gasteiger charge is -2.20. The largest absolute Gasteiger partial charge is 0.383 e. The first kappa shape index (κ1) is 19.1. The number of nitrogens with zero attached hydrogens (tertiary/aromatic N) is 2. The molecule has 3 N–H and O–H groups in total. The van der Waals surface area contributed by atoms with E-state index in [0.29, 0.717) is 23.0 Å². The van der Waals surface area contributed by atoms with Gasteiger partial charge in [-0.15, -0.1) is 0 Å². The Kier molecular flexibility index (Phi) is 5.92. The lowest BCUT2D eigenvalue weighted by atomic mass is 10.2. The predicted molar refractivity (Wildman–Crippen MR) is 99.8 cm³/mol. The summed E-state index contributed by atoms with van der Waals surface area (Å²) < 4.78 is 1.25. The van der Waals surface area contributed by atoms with Gasteiger partial charge in [-0.1, -0.05) is 36.5 Å². The fourth-order valence-electron chi connectivity index (χ4n) is 2.41. The summed E-state index contributed by atoms with van der Waals surface area (Å²) in [6, 6.07) is 4.36. The summed E-state index contributed by atoms with van der Waals surface area (Å²) in [7, 11) is 1.40. The van der Waals surface area contributed by atoms with Crippen LogP contribution in [-0.4, -0.2) is 22.5 Å². The summed E-state index contributed by atoms with van der Waals surface area (Å²) in [6.45, 7) is 2.31. The third kappa shape index (κ3) is 4.05. The lowest BCUT2D eigenvalue weighted by molar-refractivity contribution is 0.0992. The van der Waals surface area contributed by atoms with Gasteiger partial charge in [0.2, 0.25) is 0 Å². The number of carbonyl (C=O) groups is 1. The average molecular weight is 385 g/mol. The fraction of sp³-hybridized carbons (Fsp3) is 0.312. The molecule has 2 aromatic rings. The normalized spacial score (nSPS) is 10.7. The van der Waals surface area contributed by atoms with E-state index in [0.717, 1.165) is 11.3 Å². The highest BCUT2D eigenvalue weighted by Crippen LogP contribution is 2.23. The number of aromatic amines is 1. The summed E-state index contributed by atoms with van der Waals surface area (Å²) in [5.41, 5.74) is 4.76. The molecule has 0 unspecified atom stereocenters. The highest BCUT2D eigenvalue weighted by atomic mass is 35.5. The zero-order chi connectivity index (χ0) is 18.7. The Balaban J connectivity index is 2.51. The van der Waals surface area contributed by atoms with Crippen LogP contribution in [0.4, 0.5) is 11.5 Å². The third-order valence-electron chi connectivity index (χ3n) is 3.70. The van der Waals surface area contributed by atoms with Gasteiger partial charge in [-0.05, 0) is 24.6 Å². The van der Waals surface area contributed by atoms with Gasteiger partial charge in [-0.3, -0.25) is 19.1 Å². The molecule has 0 aliphatic rings. The summed E-state index contributed by atoms with van der Waals surface area (Å²) >= 11 is 11.8. The van der Waals surface area contributed by atoms with Gasteiger partial charge in [-0.25, -0.2) is 4.79 Å². The molecule has 0 aliphatic heterocycles. The molecule has 7 nitrogen and oxygen atoms in total. The quantitative estimate of drug-likeness (QED) is 0.826. The highest BCUT2D eigenvalue weighted by molar-refractivity contribution is 6.35. The Labute approximate surface area is 154 Å². The van der Waals surface area contributed by atoms with Crippen molar-refractivity contribution in [2.24, 2.45) is 0 Å². The number of carbonyl (C=O) groups excluding carboxylic acids is 1. The molecule has 25 heavy (non-hydrogen) atoms. The number of H-pyrrole nitrogens is 1. The number of aromatic nitrogens is 2. The molecule has 0 saturated heterocycles.